The minimum atomic E-state index is 0.272. The van der Waals surface area contributed by atoms with Gasteiger partial charge in [-0.05, 0) is 32.1 Å². The molecule has 0 bridgehead atoms. The fraction of sp³-hybridized carbons (Fsp3) is 0.167. The van der Waals surface area contributed by atoms with Gasteiger partial charge in [0.25, 0.3) is 0 Å². The lowest BCUT2D eigenvalue weighted by Crippen LogP contribution is -1.96. The summed E-state index contributed by atoms with van der Waals surface area (Å²) >= 11 is 0. The molecule has 0 amide bonds. The van der Waals surface area contributed by atoms with Crippen molar-refractivity contribution in [1.29, 1.82) is 0 Å². The molecule has 0 saturated heterocycles. The predicted molar refractivity (Wildman–Crippen MR) is 85.7 cm³/mol. The van der Waals surface area contributed by atoms with Crippen LogP contribution in [0.2, 0.25) is 0 Å². The zero-order chi connectivity index (χ0) is 15.9. The second kappa shape index (κ2) is 7.31. The van der Waals surface area contributed by atoms with E-state index in [0.717, 1.165) is 11.3 Å². The number of nitrogens with zero attached hydrogens (tertiary/aromatic N) is 1. The maximum absolute atomic E-state index is 5.63. The van der Waals surface area contributed by atoms with Crippen molar-refractivity contribution < 1.29 is 13.9 Å². The molecule has 0 saturated carbocycles. The molecule has 0 aliphatic rings. The number of hydrogen-bond acceptors (Lipinski definition) is 4. The number of benzene rings is 1. The molecule has 2 rings (SSSR count). The van der Waals surface area contributed by atoms with Gasteiger partial charge in [-0.25, -0.2) is 4.98 Å². The first-order valence-corrected chi connectivity index (χ1v) is 6.87. The molecule has 1 aromatic heterocycles. The Hall–Kier alpha value is -2.75. The van der Waals surface area contributed by atoms with Crippen molar-refractivity contribution in [2.24, 2.45) is 0 Å². The van der Waals surface area contributed by atoms with E-state index in [0.29, 0.717) is 23.1 Å². The van der Waals surface area contributed by atoms with E-state index in [-0.39, 0.29) is 6.61 Å². The Balaban J connectivity index is 1.94. The Labute approximate surface area is 130 Å². The third-order valence-electron chi connectivity index (χ3n) is 2.64. The maximum atomic E-state index is 5.63. The average molecular weight is 297 g/mol. The number of aryl methyl sites for hydroxylation is 1. The molecular weight excluding hydrogens is 278 g/mol. The van der Waals surface area contributed by atoms with Crippen LogP contribution in [0.4, 0.5) is 0 Å². The fourth-order valence-electron chi connectivity index (χ4n) is 1.66. The zero-order valence-electron chi connectivity index (χ0n) is 12.8. The number of allylic oxidation sites excluding steroid dienone is 3. The van der Waals surface area contributed by atoms with Crippen LogP contribution >= 0.6 is 0 Å². The van der Waals surface area contributed by atoms with E-state index in [9.17, 15) is 0 Å². The van der Waals surface area contributed by atoms with Gasteiger partial charge in [0.05, 0.1) is 6.20 Å². The molecule has 0 atom stereocenters. The Morgan fingerprint density at radius 2 is 2.05 bits per heavy atom. The van der Waals surface area contributed by atoms with Crippen molar-refractivity contribution in [2.45, 2.75) is 20.5 Å². The van der Waals surface area contributed by atoms with E-state index in [1.54, 1.807) is 18.3 Å². The predicted octanol–water partition coefficient (Wildman–Crippen LogP) is 4.59. The molecule has 0 unspecified atom stereocenters. The van der Waals surface area contributed by atoms with Gasteiger partial charge in [-0.15, -0.1) is 0 Å². The molecular formula is C18H19NO3. The van der Waals surface area contributed by atoms with Crippen LogP contribution in [0.5, 0.6) is 11.5 Å². The van der Waals surface area contributed by atoms with Crippen LogP contribution in [0.15, 0.2) is 71.5 Å². The SMILES string of the molecule is C=C(C)/C=C\C(=C)Oc1cccc(OCc2ncc(C)o2)c1. The third-order valence-corrected chi connectivity index (χ3v) is 2.64. The van der Waals surface area contributed by atoms with Crippen LogP contribution < -0.4 is 9.47 Å². The lowest BCUT2D eigenvalue weighted by atomic mass is 10.3. The number of aromatic nitrogens is 1. The fourth-order valence-corrected chi connectivity index (χ4v) is 1.66. The molecule has 0 fully saturated rings. The van der Waals surface area contributed by atoms with E-state index in [4.69, 9.17) is 13.9 Å². The zero-order valence-corrected chi connectivity index (χ0v) is 12.8. The first-order valence-electron chi connectivity index (χ1n) is 6.87. The maximum Gasteiger partial charge on any atom is 0.232 e. The molecule has 0 spiro atoms. The van der Waals surface area contributed by atoms with E-state index in [1.807, 2.05) is 38.1 Å². The summed E-state index contributed by atoms with van der Waals surface area (Å²) in [7, 11) is 0. The topological polar surface area (TPSA) is 44.5 Å². The summed E-state index contributed by atoms with van der Waals surface area (Å²) in [5.41, 5.74) is 0.933. The lowest BCUT2D eigenvalue weighted by Gasteiger charge is -2.08. The van der Waals surface area contributed by atoms with Crippen molar-refractivity contribution in [3.8, 4) is 11.5 Å². The van der Waals surface area contributed by atoms with Gasteiger partial charge in [-0.2, -0.15) is 0 Å². The van der Waals surface area contributed by atoms with Crippen LogP contribution in [0.25, 0.3) is 0 Å². The summed E-state index contributed by atoms with van der Waals surface area (Å²) in [5.74, 6) is 3.15. The quantitative estimate of drug-likeness (QED) is 0.554. The van der Waals surface area contributed by atoms with Gasteiger partial charge < -0.3 is 13.9 Å². The highest BCUT2D eigenvalue weighted by atomic mass is 16.5. The number of ether oxygens (including phenoxy) is 2. The van der Waals surface area contributed by atoms with Gasteiger partial charge in [0.2, 0.25) is 5.89 Å². The molecule has 1 aromatic carbocycles. The van der Waals surface area contributed by atoms with Gasteiger partial charge in [0.15, 0.2) is 6.61 Å². The second-order valence-electron chi connectivity index (χ2n) is 4.88. The standard InChI is InChI=1S/C18H19NO3/c1-13(2)8-9-14(3)21-17-7-5-6-16(10-17)20-12-18-19-11-15(4)22-18/h5-11H,1,3,12H2,2,4H3/b9-8-. The van der Waals surface area contributed by atoms with Crippen molar-refractivity contribution in [2.75, 3.05) is 0 Å². The summed E-state index contributed by atoms with van der Waals surface area (Å²) in [6.07, 6.45) is 5.27. The van der Waals surface area contributed by atoms with Crippen LogP contribution in [0.1, 0.15) is 18.6 Å². The molecule has 4 heteroatoms. The van der Waals surface area contributed by atoms with Crippen molar-refractivity contribution >= 4 is 0 Å². The van der Waals surface area contributed by atoms with Gasteiger partial charge in [0.1, 0.15) is 23.0 Å². The van der Waals surface area contributed by atoms with E-state index in [1.165, 1.54) is 0 Å². The average Bonchev–Trinajstić information content (AvgIpc) is 2.89. The molecule has 1 heterocycles. The monoisotopic (exact) mass is 297 g/mol. The lowest BCUT2D eigenvalue weighted by molar-refractivity contribution is 0.259. The first kappa shape index (κ1) is 15.6. The normalized spacial score (nSPS) is 10.6. The van der Waals surface area contributed by atoms with Crippen molar-refractivity contribution in [3.05, 3.63) is 78.8 Å². The van der Waals surface area contributed by atoms with Crippen LogP contribution in [0, 0.1) is 6.92 Å². The number of rotatable bonds is 7. The highest BCUT2D eigenvalue weighted by molar-refractivity contribution is 5.35. The Morgan fingerprint density at radius 3 is 2.73 bits per heavy atom. The molecule has 114 valence electrons. The smallest absolute Gasteiger partial charge is 0.232 e. The molecule has 4 nitrogen and oxygen atoms in total. The summed E-state index contributed by atoms with van der Waals surface area (Å²) in [4.78, 5) is 4.09. The first-order chi connectivity index (χ1) is 10.5. The van der Waals surface area contributed by atoms with Gasteiger partial charge in [-0.3, -0.25) is 0 Å². The summed E-state index contributed by atoms with van der Waals surface area (Å²) < 4.78 is 16.6. The van der Waals surface area contributed by atoms with Gasteiger partial charge in [-0.1, -0.05) is 30.9 Å². The Kier molecular flexibility index (Phi) is 5.20. The highest BCUT2D eigenvalue weighted by Gasteiger charge is 2.03. The minimum Gasteiger partial charge on any atom is -0.484 e. The second-order valence-corrected chi connectivity index (χ2v) is 4.88. The molecule has 2 aromatic rings. The van der Waals surface area contributed by atoms with Gasteiger partial charge >= 0.3 is 0 Å². The molecule has 0 aliphatic carbocycles. The summed E-state index contributed by atoms with van der Waals surface area (Å²) in [5, 5.41) is 0. The third kappa shape index (κ3) is 4.98. The van der Waals surface area contributed by atoms with Crippen LogP contribution in [-0.2, 0) is 6.61 Å². The van der Waals surface area contributed by atoms with Crippen LogP contribution in [0.3, 0.4) is 0 Å². The Morgan fingerprint density at radius 1 is 1.27 bits per heavy atom. The molecule has 22 heavy (non-hydrogen) atoms. The van der Waals surface area contributed by atoms with Gasteiger partial charge in [0, 0.05) is 6.07 Å². The molecule has 0 radical (unpaired) electrons. The largest absolute Gasteiger partial charge is 0.484 e. The van der Waals surface area contributed by atoms with Crippen molar-refractivity contribution in [3.63, 3.8) is 0 Å². The number of oxazole rings is 1. The molecule has 0 aliphatic heterocycles. The minimum absolute atomic E-state index is 0.272. The number of hydrogen-bond donors (Lipinski definition) is 0. The molecule has 0 N–H and O–H groups in total. The summed E-state index contributed by atoms with van der Waals surface area (Å²) in [6, 6.07) is 7.31. The summed E-state index contributed by atoms with van der Waals surface area (Å²) in [6.45, 7) is 11.6. The van der Waals surface area contributed by atoms with E-state index in [2.05, 4.69) is 18.1 Å². The van der Waals surface area contributed by atoms with Crippen LogP contribution in [-0.4, -0.2) is 4.98 Å². The van der Waals surface area contributed by atoms with E-state index < -0.39 is 0 Å². The van der Waals surface area contributed by atoms with Crippen molar-refractivity contribution in [1.82, 2.24) is 4.98 Å². The Bertz CT molecular complexity index is 698. The highest BCUT2D eigenvalue weighted by Crippen LogP contribution is 2.22. The van der Waals surface area contributed by atoms with E-state index >= 15 is 0 Å².